The molecule has 0 atom stereocenters. The molecule has 0 unspecified atom stereocenters. The topological polar surface area (TPSA) is 32.3 Å². The molecule has 0 aliphatic carbocycles. The van der Waals surface area contributed by atoms with Crippen LogP contribution in [0.25, 0.3) is 0 Å². The van der Waals surface area contributed by atoms with Crippen LogP contribution in [0.3, 0.4) is 0 Å². The number of nitrogens with zero attached hydrogens (tertiary/aromatic N) is 1. The molecule has 0 aromatic heterocycles. The molecule has 1 aliphatic heterocycles. The van der Waals surface area contributed by atoms with Crippen molar-refractivity contribution in [3.63, 3.8) is 0 Å². The van der Waals surface area contributed by atoms with Gasteiger partial charge in [0, 0.05) is 31.1 Å². The van der Waals surface area contributed by atoms with E-state index in [4.69, 9.17) is 0 Å². The van der Waals surface area contributed by atoms with Gasteiger partial charge in [0.15, 0.2) is 0 Å². The number of nitrogens with one attached hydrogen (secondary N) is 1. The van der Waals surface area contributed by atoms with Crippen molar-refractivity contribution in [2.24, 2.45) is 0 Å². The summed E-state index contributed by atoms with van der Waals surface area (Å²) >= 11 is 0. The summed E-state index contributed by atoms with van der Waals surface area (Å²) in [7, 11) is 0. The van der Waals surface area contributed by atoms with Crippen molar-refractivity contribution in [3.8, 4) is 0 Å². The lowest BCUT2D eigenvalue weighted by Crippen LogP contribution is -2.45. The summed E-state index contributed by atoms with van der Waals surface area (Å²) in [5.41, 5.74) is 0.332. The zero-order valence-corrected chi connectivity index (χ0v) is 8.67. The normalized spacial score (nSPS) is 16.6. The van der Waals surface area contributed by atoms with Crippen LogP contribution in [0.4, 0.5) is 8.78 Å². The highest BCUT2D eigenvalue weighted by molar-refractivity contribution is 5.77. The highest BCUT2D eigenvalue weighted by atomic mass is 19.1. The quantitative estimate of drug-likeness (QED) is 0.823. The smallest absolute Gasteiger partial charge is 0.225 e. The molecule has 3 nitrogen and oxygen atoms in total. The summed E-state index contributed by atoms with van der Waals surface area (Å²) in [6.07, 6.45) is 0.419. The van der Waals surface area contributed by atoms with Crippen LogP contribution in [0.15, 0.2) is 18.2 Å². The molecule has 1 heterocycles. The van der Waals surface area contributed by atoms with E-state index in [1.165, 1.54) is 17.0 Å². The van der Waals surface area contributed by atoms with Gasteiger partial charge in [-0.3, -0.25) is 10.1 Å². The van der Waals surface area contributed by atoms with Crippen LogP contribution in [-0.2, 0) is 11.3 Å². The van der Waals surface area contributed by atoms with Crippen molar-refractivity contribution in [2.75, 3.05) is 13.2 Å². The predicted molar refractivity (Wildman–Crippen MR) is 54.4 cm³/mol. The molecule has 0 spiro atoms. The second kappa shape index (κ2) is 4.57. The van der Waals surface area contributed by atoms with Crippen molar-refractivity contribution >= 4 is 5.91 Å². The van der Waals surface area contributed by atoms with Gasteiger partial charge in [0.05, 0.1) is 6.67 Å². The fourth-order valence-electron chi connectivity index (χ4n) is 1.66. The third-order valence-electron chi connectivity index (χ3n) is 2.55. The lowest BCUT2D eigenvalue weighted by Gasteiger charge is -2.27. The van der Waals surface area contributed by atoms with Crippen molar-refractivity contribution < 1.29 is 13.6 Å². The molecular formula is C11H12F2N2O. The minimum absolute atomic E-state index is 0.0116. The Bertz CT molecular complexity index is 409. The van der Waals surface area contributed by atoms with Crippen molar-refractivity contribution in [1.82, 2.24) is 10.2 Å². The van der Waals surface area contributed by atoms with Crippen LogP contribution < -0.4 is 5.32 Å². The van der Waals surface area contributed by atoms with Gasteiger partial charge in [-0.2, -0.15) is 0 Å². The molecule has 0 radical (unpaired) electrons. The third kappa shape index (κ3) is 2.36. The second-order valence-electron chi connectivity index (χ2n) is 3.74. The summed E-state index contributed by atoms with van der Waals surface area (Å²) in [6, 6.07) is 3.39. The Balaban J connectivity index is 2.10. The van der Waals surface area contributed by atoms with Gasteiger partial charge < -0.3 is 4.90 Å². The van der Waals surface area contributed by atoms with Crippen molar-refractivity contribution in [1.29, 1.82) is 0 Å². The maximum Gasteiger partial charge on any atom is 0.225 e. The highest BCUT2D eigenvalue weighted by Gasteiger charge is 2.18. The Labute approximate surface area is 92.1 Å². The van der Waals surface area contributed by atoms with E-state index in [0.29, 0.717) is 25.2 Å². The lowest BCUT2D eigenvalue weighted by molar-refractivity contribution is -0.134. The van der Waals surface area contributed by atoms with Gasteiger partial charge >= 0.3 is 0 Å². The number of rotatable bonds is 2. The molecule has 1 aliphatic rings. The Morgan fingerprint density at radius 2 is 2.19 bits per heavy atom. The molecule has 5 heteroatoms. The monoisotopic (exact) mass is 226 g/mol. The minimum Gasteiger partial charge on any atom is -0.325 e. The number of benzene rings is 1. The van der Waals surface area contributed by atoms with Crippen LogP contribution in [0.2, 0.25) is 0 Å². The van der Waals surface area contributed by atoms with Gasteiger partial charge in [-0.15, -0.1) is 0 Å². The Morgan fingerprint density at radius 3 is 2.88 bits per heavy atom. The van der Waals surface area contributed by atoms with Crippen LogP contribution >= 0.6 is 0 Å². The summed E-state index contributed by atoms with van der Waals surface area (Å²) in [5.74, 6) is -1.23. The van der Waals surface area contributed by atoms with Crippen LogP contribution in [0.1, 0.15) is 12.0 Å². The Morgan fingerprint density at radius 1 is 1.38 bits per heavy atom. The van der Waals surface area contributed by atoms with Crippen molar-refractivity contribution in [2.45, 2.75) is 13.0 Å². The molecule has 1 fully saturated rings. The van der Waals surface area contributed by atoms with E-state index in [-0.39, 0.29) is 12.5 Å². The highest BCUT2D eigenvalue weighted by Crippen LogP contribution is 2.13. The maximum absolute atomic E-state index is 13.3. The molecule has 1 aromatic rings. The van der Waals surface area contributed by atoms with Crippen LogP contribution in [-0.4, -0.2) is 24.0 Å². The fraction of sp³-hybridized carbons (Fsp3) is 0.364. The lowest BCUT2D eigenvalue weighted by atomic mass is 10.2. The largest absolute Gasteiger partial charge is 0.325 e. The number of halogens is 2. The first-order valence-corrected chi connectivity index (χ1v) is 5.09. The summed E-state index contributed by atoms with van der Waals surface area (Å²) < 4.78 is 26.0. The van der Waals surface area contributed by atoms with E-state index in [1.54, 1.807) is 0 Å². The summed E-state index contributed by atoms with van der Waals surface area (Å²) in [6.45, 7) is 1.24. The fourth-order valence-corrected chi connectivity index (χ4v) is 1.66. The molecule has 1 N–H and O–H groups in total. The average molecular weight is 226 g/mol. The SMILES string of the molecule is O=C1CCNCN1Cc1ccc(F)cc1F. The third-order valence-corrected chi connectivity index (χ3v) is 2.55. The van der Waals surface area contributed by atoms with Gasteiger partial charge in [0.2, 0.25) is 5.91 Å². The molecule has 86 valence electrons. The number of carbonyl (C=O) groups is 1. The van der Waals surface area contributed by atoms with Crippen molar-refractivity contribution in [3.05, 3.63) is 35.4 Å². The first kappa shape index (κ1) is 11.0. The van der Waals surface area contributed by atoms with Gasteiger partial charge in [-0.05, 0) is 6.07 Å². The molecule has 0 saturated carbocycles. The van der Waals surface area contributed by atoms with E-state index in [2.05, 4.69) is 5.32 Å². The Hall–Kier alpha value is -1.49. The van der Waals surface area contributed by atoms with E-state index < -0.39 is 11.6 Å². The zero-order valence-electron chi connectivity index (χ0n) is 8.67. The minimum atomic E-state index is -0.613. The molecule has 0 bridgehead atoms. The molecule has 16 heavy (non-hydrogen) atoms. The van der Waals surface area contributed by atoms with Gasteiger partial charge in [-0.25, -0.2) is 8.78 Å². The van der Waals surface area contributed by atoms with Gasteiger partial charge in [-0.1, -0.05) is 6.07 Å². The molecule has 1 amide bonds. The number of hydrogen-bond donors (Lipinski definition) is 1. The average Bonchev–Trinajstić information content (AvgIpc) is 2.25. The molecule has 2 rings (SSSR count). The van der Waals surface area contributed by atoms with Gasteiger partial charge in [0.1, 0.15) is 11.6 Å². The van der Waals surface area contributed by atoms with E-state index in [1.807, 2.05) is 0 Å². The van der Waals surface area contributed by atoms with E-state index >= 15 is 0 Å². The van der Waals surface area contributed by atoms with Crippen LogP contribution in [0.5, 0.6) is 0 Å². The summed E-state index contributed by atoms with van der Waals surface area (Å²) in [5, 5.41) is 3.02. The summed E-state index contributed by atoms with van der Waals surface area (Å²) in [4.78, 5) is 13.0. The number of hydrogen-bond acceptors (Lipinski definition) is 2. The van der Waals surface area contributed by atoms with E-state index in [9.17, 15) is 13.6 Å². The predicted octanol–water partition coefficient (Wildman–Crippen LogP) is 1.24. The van der Waals surface area contributed by atoms with E-state index in [0.717, 1.165) is 6.07 Å². The number of amides is 1. The second-order valence-corrected chi connectivity index (χ2v) is 3.74. The zero-order chi connectivity index (χ0) is 11.5. The maximum atomic E-state index is 13.3. The first-order valence-electron chi connectivity index (χ1n) is 5.09. The Kier molecular flexibility index (Phi) is 3.14. The van der Waals surface area contributed by atoms with Crippen LogP contribution in [0, 0.1) is 11.6 Å². The molecular weight excluding hydrogens is 214 g/mol. The molecule has 1 aromatic carbocycles. The number of carbonyl (C=O) groups excluding carboxylic acids is 1. The standard InChI is InChI=1S/C11H12F2N2O/c12-9-2-1-8(10(13)5-9)6-15-7-14-4-3-11(15)16/h1-2,5,14H,3-4,6-7H2. The van der Waals surface area contributed by atoms with Gasteiger partial charge in [0.25, 0.3) is 0 Å². The molecule has 1 saturated heterocycles. The first-order chi connectivity index (χ1) is 7.66.